The number of aliphatic hydroxyl groups excluding tert-OH is 1. The van der Waals surface area contributed by atoms with E-state index >= 15 is 0 Å². The molecule has 1 aliphatic rings. The molecule has 5 heteroatoms. The van der Waals surface area contributed by atoms with Gasteiger partial charge in [-0.2, -0.15) is 0 Å². The molecule has 0 radical (unpaired) electrons. The second-order valence-corrected chi connectivity index (χ2v) is 5.15. The van der Waals surface area contributed by atoms with E-state index in [-0.39, 0.29) is 12.2 Å². The van der Waals surface area contributed by atoms with Gasteiger partial charge in [0.2, 0.25) is 0 Å². The Morgan fingerprint density at radius 1 is 1.43 bits per heavy atom. The van der Waals surface area contributed by atoms with Crippen molar-refractivity contribution in [3.63, 3.8) is 0 Å². The van der Waals surface area contributed by atoms with Gasteiger partial charge < -0.3 is 14.7 Å². The van der Waals surface area contributed by atoms with Crippen molar-refractivity contribution < 1.29 is 19.4 Å². The maximum Gasteiger partial charge on any atom is 0.308 e. The molecule has 2 rings (SSSR count). The minimum Gasteiger partial charge on any atom is -0.466 e. The maximum absolute atomic E-state index is 12.0. The van der Waals surface area contributed by atoms with Gasteiger partial charge in [-0.15, -0.1) is 0 Å². The average molecular weight is 291 g/mol. The lowest BCUT2D eigenvalue weighted by atomic mass is 10.1. The molecule has 114 valence electrons. The molecular weight excluding hydrogens is 270 g/mol. The highest BCUT2D eigenvalue weighted by Gasteiger charge is 2.23. The van der Waals surface area contributed by atoms with E-state index in [0.29, 0.717) is 31.7 Å². The van der Waals surface area contributed by atoms with Crippen molar-refractivity contribution in [3.05, 3.63) is 29.8 Å². The minimum atomic E-state index is -0.801. The zero-order valence-electron chi connectivity index (χ0n) is 12.2. The monoisotopic (exact) mass is 291 g/mol. The van der Waals surface area contributed by atoms with Crippen molar-refractivity contribution >= 4 is 17.4 Å². The molecule has 21 heavy (non-hydrogen) atoms. The van der Waals surface area contributed by atoms with Gasteiger partial charge in [0, 0.05) is 30.8 Å². The van der Waals surface area contributed by atoms with E-state index in [4.69, 9.17) is 4.74 Å². The third kappa shape index (κ3) is 4.04. The lowest BCUT2D eigenvalue weighted by molar-refractivity contribution is -0.145. The number of carbonyl (C=O) groups excluding carboxylic acids is 2. The molecule has 5 nitrogen and oxygen atoms in total. The average Bonchev–Trinajstić information content (AvgIpc) is 2.60. The van der Waals surface area contributed by atoms with Crippen LogP contribution >= 0.6 is 0 Å². The highest BCUT2D eigenvalue weighted by molar-refractivity contribution is 6.01. The van der Waals surface area contributed by atoms with Crippen LogP contribution in [-0.4, -0.2) is 42.7 Å². The quantitative estimate of drug-likeness (QED) is 0.838. The van der Waals surface area contributed by atoms with Crippen LogP contribution in [0.3, 0.4) is 0 Å². The summed E-state index contributed by atoms with van der Waals surface area (Å²) in [5.41, 5.74) is 1.53. The van der Waals surface area contributed by atoms with Crippen LogP contribution in [0.5, 0.6) is 0 Å². The van der Waals surface area contributed by atoms with E-state index < -0.39 is 12.1 Å². The van der Waals surface area contributed by atoms with E-state index in [1.54, 1.807) is 6.92 Å². The fraction of sp³-hybridized carbons (Fsp3) is 0.500. The molecule has 1 N–H and O–H groups in total. The van der Waals surface area contributed by atoms with E-state index in [1.807, 2.05) is 29.2 Å². The predicted molar refractivity (Wildman–Crippen MR) is 79.5 cm³/mol. The van der Waals surface area contributed by atoms with Gasteiger partial charge in [0.25, 0.3) is 0 Å². The second-order valence-electron chi connectivity index (χ2n) is 5.15. The van der Waals surface area contributed by atoms with Crippen molar-refractivity contribution in [1.82, 2.24) is 0 Å². The zero-order valence-corrected chi connectivity index (χ0v) is 12.2. The Morgan fingerprint density at radius 2 is 2.19 bits per heavy atom. The first-order chi connectivity index (χ1) is 10.1. The van der Waals surface area contributed by atoms with Crippen molar-refractivity contribution in [3.8, 4) is 0 Å². The van der Waals surface area contributed by atoms with Crippen molar-refractivity contribution in [2.45, 2.75) is 32.3 Å². The van der Waals surface area contributed by atoms with Gasteiger partial charge in [-0.25, -0.2) is 0 Å². The van der Waals surface area contributed by atoms with Crippen LogP contribution in [0.25, 0.3) is 0 Å². The van der Waals surface area contributed by atoms with Crippen LogP contribution in [0.15, 0.2) is 24.3 Å². The van der Waals surface area contributed by atoms with Gasteiger partial charge in [-0.3, -0.25) is 9.59 Å². The summed E-state index contributed by atoms with van der Waals surface area (Å²) < 4.78 is 4.84. The Labute approximate surface area is 124 Å². The summed E-state index contributed by atoms with van der Waals surface area (Å²) in [6.45, 7) is 3.07. The summed E-state index contributed by atoms with van der Waals surface area (Å²) in [4.78, 5) is 25.4. The standard InChI is InChI=1S/C16H21NO4/c1-2-21-16(20)10-12(18)11-17-9-5-8-15(19)13-6-3-4-7-14(13)17/h3-4,6-7,12,18H,2,5,8-11H2,1H3. The Morgan fingerprint density at radius 3 is 2.95 bits per heavy atom. The number of Topliss-reactive ketones (excluding diaryl/α,β-unsaturated/α-hetero) is 1. The highest BCUT2D eigenvalue weighted by atomic mass is 16.5. The van der Waals surface area contributed by atoms with Gasteiger partial charge in [0.05, 0.1) is 19.1 Å². The Kier molecular flexibility index (Phi) is 5.33. The smallest absolute Gasteiger partial charge is 0.308 e. The van der Waals surface area contributed by atoms with Gasteiger partial charge in [-0.1, -0.05) is 12.1 Å². The second kappa shape index (κ2) is 7.22. The van der Waals surface area contributed by atoms with E-state index in [9.17, 15) is 14.7 Å². The summed E-state index contributed by atoms with van der Waals surface area (Å²) in [5, 5.41) is 10.1. The molecule has 0 amide bonds. The van der Waals surface area contributed by atoms with Crippen LogP contribution in [0.1, 0.15) is 36.5 Å². The summed E-state index contributed by atoms with van der Waals surface area (Å²) in [6, 6.07) is 7.42. The number of ether oxygens (including phenoxy) is 1. The first kappa shape index (κ1) is 15.5. The van der Waals surface area contributed by atoms with Crippen molar-refractivity contribution in [2.24, 2.45) is 0 Å². The van der Waals surface area contributed by atoms with E-state index in [1.165, 1.54) is 0 Å². The molecule has 1 atom stereocenters. The van der Waals surface area contributed by atoms with Crippen LogP contribution in [0, 0.1) is 0 Å². The van der Waals surface area contributed by atoms with Crippen LogP contribution < -0.4 is 4.90 Å². The molecule has 1 unspecified atom stereocenters. The van der Waals surface area contributed by atoms with E-state index in [2.05, 4.69) is 0 Å². The Hall–Kier alpha value is -1.88. The maximum atomic E-state index is 12.0. The number of hydrogen-bond donors (Lipinski definition) is 1. The van der Waals surface area contributed by atoms with Crippen molar-refractivity contribution in [1.29, 1.82) is 0 Å². The number of β-amino-alcohol motifs (C(OH)–C–C–N with tert-alkyl or cyclic N) is 1. The fourth-order valence-corrected chi connectivity index (χ4v) is 2.59. The summed E-state index contributed by atoms with van der Waals surface area (Å²) in [7, 11) is 0. The molecule has 1 aliphatic heterocycles. The minimum absolute atomic E-state index is 0.0273. The summed E-state index contributed by atoms with van der Waals surface area (Å²) in [5.74, 6) is -0.267. The third-order valence-electron chi connectivity index (χ3n) is 3.52. The molecule has 1 aromatic carbocycles. The highest BCUT2D eigenvalue weighted by Crippen LogP contribution is 2.26. The molecule has 0 spiro atoms. The molecule has 0 aromatic heterocycles. The molecule has 0 saturated carbocycles. The summed E-state index contributed by atoms with van der Waals surface area (Å²) >= 11 is 0. The van der Waals surface area contributed by atoms with Crippen LogP contribution in [-0.2, 0) is 9.53 Å². The Balaban J connectivity index is 2.07. The molecule has 0 fully saturated rings. The molecule has 1 aromatic rings. The van der Waals surface area contributed by atoms with Crippen LogP contribution in [0.2, 0.25) is 0 Å². The molecule has 0 bridgehead atoms. The largest absolute Gasteiger partial charge is 0.466 e. The number of rotatable bonds is 5. The fourth-order valence-electron chi connectivity index (χ4n) is 2.59. The lowest BCUT2D eigenvalue weighted by Crippen LogP contribution is -2.34. The van der Waals surface area contributed by atoms with Gasteiger partial charge >= 0.3 is 5.97 Å². The number of para-hydroxylation sites is 1. The van der Waals surface area contributed by atoms with Gasteiger partial charge in [0.1, 0.15) is 0 Å². The van der Waals surface area contributed by atoms with E-state index in [0.717, 1.165) is 12.1 Å². The number of carbonyl (C=O) groups is 2. The number of fused-ring (bicyclic) bond motifs is 1. The van der Waals surface area contributed by atoms with Crippen molar-refractivity contribution in [2.75, 3.05) is 24.6 Å². The summed E-state index contributed by atoms with van der Waals surface area (Å²) in [6.07, 6.45) is 0.437. The number of esters is 1. The number of aliphatic hydroxyl groups is 1. The zero-order chi connectivity index (χ0) is 15.2. The number of benzene rings is 1. The number of anilines is 1. The first-order valence-corrected chi connectivity index (χ1v) is 7.32. The topological polar surface area (TPSA) is 66.8 Å². The van der Waals surface area contributed by atoms with Gasteiger partial charge in [0.15, 0.2) is 5.78 Å². The normalized spacial score (nSPS) is 16.1. The lowest BCUT2D eigenvalue weighted by Gasteiger charge is -2.26. The molecule has 1 heterocycles. The third-order valence-corrected chi connectivity index (χ3v) is 3.52. The van der Waals surface area contributed by atoms with Crippen LogP contribution in [0.4, 0.5) is 5.69 Å². The molecular formula is C16H21NO4. The number of ketones is 1. The number of hydrogen-bond acceptors (Lipinski definition) is 5. The first-order valence-electron chi connectivity index (χ1n) is 7.32. The molecule has 0 saturated heterocycles. The SMILES string of the molecule is CCOC(=O)CC(O)CN1CCCC(=O)c2ccccc21. The molecule has 0 aliphatic carbocycles. The Bertz CT molecular complexity index is 515. The van der Waals surface area contributed by atoms with Gasteiger partial charge in [-0.05, 0) is 25.5 Å². The predicted octanol–water partition coefficient (Wildman–Crippen LogP) is 1.78. The number of nitrogens with zero attached hydrogens (tertiary/aromatic N) is 1.